The minimum absolute atomic E-state index is 0.139. The first-order chi connectivity index (χ1) is 16.2. The molecule has 0 saturated carbocycles. The van der Waals surface area contributed by atoms with Gasteiger partial charge in [0.05, 0.1) is 17.0 Å². The Morgan fingerprint density at radius 2 is 2.03 bits per heavy atom. The average Bonchev–Trinajstić information content (AvgIpc) is 3.10. The van der Waals surface area contributed by atoms with Crippen LogP contribution in [0, 0.1) is 6.92 Å². The predicted molar refractivity (Wildman–Crippen MR) is 129 cm³/mol. The first-order valence-electron chi connectivity index (χ1n) is 10.1. The molecule has 2 heterocycles. The van der Waals surface area contributed by atoms with E-state index < -0.39 is 10.0 Å². The predicted octanol–water partition coefficient (Wildman–Crippen LogP) is 3.64. The molecule has 2 aromatic heterocycles. The van der Waals surface area contributed by atoms with Crippen molar-refractivity contribution >= 4 is 44.1 Å². The summed E-state index contributed by atoms with van der Waals surface area (Å²) in [5.41, 5.74) is 12.1. The van der Waals surface area contributed by atoms with Crippen LogP contribution in [0.15, 0.2) is 58.7 Å². The number of hydrogen-bond donors (Lipinski definition) is 2. The third-order valence-electron chi connectivity index (χ3n) is 5.42. The Labute approximate surface area is 195 Å². The van der Waals surface area contributed by atoms with Crippen molar-refractivity contribution in [3.8, 4) is 0 Å². The minimum Gasteiger partial charge on any atom is -0.329 e. The Kier molecular flexibility index (Phi) is 6.07. The second-order valence-electron chi connectivity index (χ2n) is 7.59. The molecule has 0 unspecified atom stereocenters. The highest BCUT2D eigenvalue weighted by Gasteiger charge is 2.16. The Morgan fingerprint density at radius 3 is 2.76 bits per heavy atom. The number of aryl methyl sites for hydroxylation is 2. The van der Waals surface area contributed by atoms with Crippen LogP contribution in [0.4, 0.5) is 23.1 Å². The van der Waals surface area contributed by atoms with Gasteiger partial charge < -0.3 is 10.2 Å². The SMILES string of the molecule is Cc1c2ccc(N(C)c3ccnc(Nc4ccc(CN=[N+]=[N-])c(S(N)(=O)=O)c4)n3)cc2nn1C. The molecule has 4 aromatic rings. The third-order valence-corrected chi connectivity index (χ3v) is 6.41. The standard InChI is InChI=1S/C21H22N10O2S/c1-13-17-7-6-16(11-18(17)28-31(13)3)30(2)20-8-9-24-21(27-20)26-15-5-4-14(12-25-29-22)19(10-15)34(23,32)33/h4-11H,12H2,1-3H3,(H2,23,32,33)(H,24,26,27). The summed E-state index contributed by atoms with van der Waals surface area (Å²) < 4.78 is 25.9. The van der Waals surface area contributed by atoms with E-state index in [-0.39, 0.29) is 17.4 Å². The molecular formula is C21H22N10O2S. The molecule has 0 aliphatic carbocycles. The number of sulfonamides is 1. The van der Waals surface area contributed by atoms with Crippen molar-refractivity contribution in [2.45, 2.75) is 18.4 Å². The highest BCUT2D eigenvalue weighted by atomic mass is 32.2. The van der Waals surface area contributed by atoms with E-state index in [9.17, 15) is 8.42 Å². The third kappa shape index (κ3) is 4.62. The lowest BCUT2D eigenvalue weighted by molar-refractivity contribution is 0.596. The molecule has 34 heavy (non-hydrogen) atoms. The van der Waals surface area contributed by atoms with Crippen molar-refractivity contribution in [2.75, 3.05) is 17.3 Å². The molecule has 0 amide bonds. The lowest BCUT2D eigenvalue weighted by Crippen LogP contribution is -2.15. The largest absolute Gasteiger partial charge is 0.329 e. The summed E-state index contributed by atoms with van der Waals surface area (Å²) in [6.07, 6.45) is 1.60. The maximum Gasteiger partial charge on any atom is 0.238 e. The van der Waals surface area contributed by atoms with E-state index in [1.54, 1.807) is 18.3 Å². The van der Waals surface area contributed by atoms with Crippen molar-refractivity contribution in [3.63, 3.8) is 0 Å². The number of nitrogens with two attached hydrogens (primary N) is 1. The zero-order valence-corrected chi connectivity index (χ0v) is 19.5. The zero-order chi connectivity index (χ0) is 24.5. The zero-order valence-electron chi connectivity index (χ0n) is 18.7. The normalized spacial score (nSPS) is 11.3. The van der Waals surface area contributed by atoms with Crippen molar-refractivity contribution < 1.29 is 8.42 Å². The molecular weight excluding hydrogens is 456 g/mol. The van der Waals surface area contributed by atoms with Gasteiger partial charge in [0, 0.05) is 47.7 Å². The van der Waals surface area contributed by atoms with Gasteiger partial charge >= 0.3 is 0 Å². The van der Waals surface area contributed by atoms with Crippen molar-refractivity contribution in [2.24, 2.45) is 17.3 Å². The second-order valence-corrected chi connectivity index (χ2v) is 9.12. The Hall–Kier alpha value is -4.19. The maximum atomic E-state index is 12.0. The van der Waals surface area contributed by atoms with Crippen molar-refractivity contribution in [1.82, 2.24) is 19.7 Å². The van der Waals surface area contributed by atoms with Crippen LogP contribution in [0.5, 0.6) is 0 Å². The highest BCUT2D eigenvalue weighted by Crippen LogP contribution is 2.28. The monoisotopic (exact) mass is 478 g/mol. The molecule has 174 valence electrons. The van der Waals surface area contributed by atoms with E-state index in [1.807, 2.05) is 48.8 Å². The van der Waals surface area contributed by atoms with Crippen molar-refractivity contribution in [3.05, 3.63) is 70.4 Å². The van der Waals surface area contributed by atoms with Crippen LogP contribution in [0.2, 0.25) is 0 Å². The van der Waals surface area contributed by atoms with E-state index >= 15 is 0 Å². The Morgan fingerprint density at radius 1 is 1.24 bits per heavy atom. The van der Waals surface area contributed by atoms with Crippen LogP contribution in [-0.4, -0.2) is 35.2 Å². The fourth-order valence-corrected chi connectivity index (χ4v) is 4.31. The number of fused-ring (bicyclic) bond motifs is 1. The van der Waals surface area contributed by atoms with E-state index in [4.69, 9.17) is 10.7 Å². The van der Waals surface area contributed by atoms with Crippen LogP contribution < -0.4 is 15.4 Å². The first-order valence-corrected chi connectivity index (χ1v) is 11.7. The van der Waals surface area contributed by atoms with Gasteiger partial charge in [-0.3, -0.25) is 4.68 Å². The van der Waals surface area contributed by atoms with Crippen LogP contribution in [-0.2, 0) is 23.6 Å². The topological polar surface area (TPSA) is 168 Å². The number of nitrogens with zero attached hydrogens (tertiary/aromatic N) is 8. The minimum atomic E-state index is -4.04. The Bertz CT molecular complexity index is 1540. The molecule has 3 N–H and O–H groups in total. The summed E-state index contributed by atoms with van der Waals surface area (Å²) in [5.74, 6) is 0.887. The van der Waals surface area contributed by atoms with Gasteiger partial charge in [-0.05, 0) is 54.4 Å². The number of nitrogens with one attached hydrogen (secondary N) is 1. The number of anilines is 4. The summed E-state index contributed by atoms with van der Waals surface area (Å²) in [7, 11) is -0.246. The molecule has 0 saturated heterocycles. The number of azide groups is 1. The van der Waals surface area contributed by atoms with Gasteiger partial charge in [-0.15, -0.1) is 0 Å². The summed E-state index contributed by atoms with van der Waals surface area (Å²) >= 11 is 0. The number of hydrogen-bond acceptors (Lipinski definition) is 8. The van der Waals surface area contributed by atoms with Gasteiger partial charge in [0.1, 0.15) is 5.82 Å². The van der Waals surface area contributed by atoms with Crippen LogP contribution in [0.25, 0.3) is 21.3 Å². The Balaban J connectivity index is 1.62. The molecule has 0 radical (unpaired) electrons. The van der Waals surface area contributed by atoms with Crippen LogP contribution in [0.3, 0.4) is 0 Å². The fourth-order valence-electron chi connectivity index (χ4n) is 3.52. The quantitative estimate of drug-likeness (QED) is 0.232. The van der Waals surface area contributed by atoms with Gasteiger partial charge in [-0.1, -0.05) is 11.2 Å². The molecule has 0 fully saturated rings. The second kappa shape index (κ2) is 8.98. The summed E-state index contributed by atoms with van der Waals surface area (Å²) in [5, 5.41) is 17.4. The van der Waals surface area contributed by atoms with E-state index in [0.717, 1.165) is 22.3 Å². The summed E-state index contributed by atoms with van der Waals surface area (Å²) in [4.78, 5) is 13.2. The molecule has 0 bridgehead atoms. The van der Waals surface area contributed by atoms with E-state index in [0.29, 0.717) is 17.1 Å². The van der Waals surface area contributed by atoms with Gasteiger partial charge in [0.15, 0.2) is 0 Å². The number of rotatable bonds is 7. The number of aromatic nitrogens is 4. The lowest BCUT2D eigenvalue weighted by Gasteiger charge is -2.19. The highest BCUT2D eigenvalue weighted by molar-refractivity contribution is 7.89. The summed E-state index contributed by atoms with van der Waals surface area (Å²) in [6.45, 7) is 1.88. The van der Waals surface area contributed by atoms with Gasteiger partial charge in [0.2, 0.25) is 16.0 Å². The molecule has 0 aliphatic rings. The lowest BCUT2D eigenvalue weighted by atomic mass is 10.2. The van der Waals surface area contributed by atoms with Crippen LogP contribution >= 0.6 is 0 Å². The van der Waals surface area contributed by atoms with Crippen molar-refractivity contribution in [1.29, 1.82) is 0 Å². The molecule has 0 atom stereocenters. The smallest absolute Gasteiger partial charge is 0.238 e. The number of benzene rings is 2. The van der Waals surface area contributed by atoms with E-state index in [1.165, 1.54) is 12.1 Å². The van der Waals surface area contributed by atoms with Gasteiger partial charge in [0.25, 0.3) is 0 Å². The molecule has 12 nitrogen and oxygen atoms in total. The average molecular weight is 479 g/mol. The van der Waals surface area contributed by atoms with Gasteiger partial charge in [-0.2, -0.15) is 10.1 Å². The fraction of sp³-hybridized carbons (Fsp3) is 0.190. The van der Waals surface area contributed by atoms with E-state index in [2.05, 4.69) is 30.4 Å². The first kappa shape index (κ1) is 23.0. The molecule has 4 rings (SSSR count). The van der Waals surface area contributed by atoms with Crippen LogP contribution in [0.1, 0.15) is 11.3 Å². The molecule has 13 heteroatoms. The molecule has 2 aromatic carbocycles. The van der Waals surface area contributed by atoms with Gasteiger partial charge in [-0.25, -0.2) is 18.5 Å². The maximum absolute atomic E-state index is 12.0. The number of primary sulfonamides is 1. The molecule has 0 aliphatic heterocycles. The molecule has 0 spiro atoms. The summed E-state index contributed by atoms with van der Waals surface area (Å²) in [6, 6.07) is 12.3.